The lowest BCUT2D eigenvalue weighted by Crippen LogP contribution is -2.16. The number of ether oxygens (including phenoxy) is 1. The monoisotopic (exact) mass is 287 g/mol. The van der Waals surface area contributed by atoms with E-state index in [0.717, 1.165) is 17.7 Å². The van der Waals surface area contributed by atoms with Crippen LogP contribution in [0.4, 0.5) is 0 Å². The smallest absolute Gasteiger partial charge is 0.308 e. The number of hydrogen-bond donors (Lipinski definition) is 2. The summed E-state index contributed by atoms with van der Waals surface area (Å²) in [7, 11) is 0. The maximum atomic E-state index is 11.9. The zero-order valence-electron chi connectivity index (χ0n) is 11.8. The Labute approximate surface area is 122 Å². The van der Waals surface area contributed by atoms with Crippen molar-refractivity contribution < 1.29 is 14.6 Å². The SMILES string of the molecule is CCCOc1cccc(-c2ccc(CC(=O)O)c(=O)[nH]2)c1. The molecule has 21 heavy (non-hydrogen) atoms. The first-order valence-electron chi connectivity index (χ1n) is 6.77. The highest BCUT2D eigenvalue weighted by Gasteiger charge is 2.07. The second kappa shape index (κ2) is 6.74. The molecule has 0 fully saturated rings. The number of carboxylic acids is 1. The van der Waals surface area contributed by atoms with Crippen molar-refractivity contribution in [3.05, 3.63) is 52.3 Å². The number of aromatic amines is 1. The fraction of sp³-hybridized carbons (Fsp3) is 0.250. The van der Waals surface area contributed by atoms with Crippen molar-refractivity contribution in [2.24, 2.45) is 0 Å². The van der Waals surface area contributed by atoms with Crippen molar-refractivity contribution in [3.63, 3.8) is 0 Å². The van der Waals surface area contributed by atoms with E-state index in [1.54, 1.807) is 12.1 Å². The van der Waals surface area contributed by atoms with E-state index in [2.05, 4.69) is 4.98 Å². The van der Waals surface area contributed by atoms with Crippen LogP contribution >= 0.6 is 0 Å². The van der Waals surface area contributed by atoms with Crippen molar-refractivity contribution in [1.29, 1.82) is 0 Å². The summed E-state index contributed by atoms with van der Waals surface area (Å²) >= 11 is 0. The van der Waals surface area contributed by atoms with Gasteiger partial charge in [-0.1, -0.05) is 25.1 Å². The average Bonchev–Trinajstić information content (AvgIpc) is 2.47. The van der Waals surface area contributed by atoms with Crippen LogP contribution in [0.25, 0.3) is 11.3 Å². The van der Waals surface area contributed by atoms with Crippen LogP contribution in [-0.4, -0.2) is 22.7 Å². The molecule has 2 N–H and O–H groups in total. The molecule has 0 saturated carbocycles. The third-order valence-corrected chi connectivity index (χ3v) is 2.95. The predicted octanol–water partition coefficient (Wildman–Crippen LogP) is 2.46. The van der Waals surface area contributed by atoms with Gasteiger partial charge in [-0.25, -0.2) is 0 Å². The number of aromatic nitrogens is 1. The lowest BCUT2D eigenvalue weighted by Gasteiger charge is -2.07. The van der Waals surface area contributed by atoms with Gasteiger partial charge in [0, 0.05) is 16.8 Å². The largest absolute Gasteiger partial charge is 0.494 e. The van der Waals surface area contributed by atoms with Gasteiger partial charge in [-0.3, -0.25) is 9.59 Å². The van der Waals surface area contributed by atoms with E-state index in [9.17, 15) is 9.59 Å². The lowest BCUT2D eigenvalue weighted by molar-refractivity contribution is -0.136. The molecule has 2 aromatic rings. The first kappa shape index (κ1) is 14.8. The van der Waals surface area contributed by atoms with E-state index in [-0.39, 0.29) is 17.5 Å². The lowest BCUT2D eigenvalue weighted by atomic mass is 10.1. The molecule has 110 valence electrons. The standard InChI is InChI=1S/C16H17NO4/c1-2-8-21-13-5-3-4-11(9-13)14-7-6-12(10-15(18)19)16(20)17-14/h3-7,9H,2,8,10H2,1H3,(H,17,20)(H,18,19). The molecule has 0 spiro atoms. The van der Waals surface area contributed by atoms with Gasteiger partial charge in [0.25, 0.3) is 5.56 Å². The van der Waals surface area contributed by atoms with E-state index >= 15 is 0 Å². The van der Waals surface area contributed by atoms with Gasteiger partial charge < -0.3 is 14.8 Å². The number of benzene rings is 1. The van der Waals surface area contributed by atoms with Crippen molar-refractivity contribution in [1.82, 2.24) is 4.98 Å². The van der Waals surface area contributed by atoms with Gasteiger partial charge >= 0.3 is 5.97 Å². The van der Waals surface area contributed by atoms with E-state index in [4.69, 9.17) is 9.84 Å². The molecular formula is C16H17NO4. The molecule has 5 nitrogen and oxygen atoms in total. The summed E-state index contributed by atoms with van der Waals surface area (Å²) in [5.41, 5.74) is 1.32. The van der Waals surface area contributed by atoms with Crippen LogP contribution in [0.5, 0.6) is 5.75 Å². The Morgan fingerprint density at radius 2 is 2.10 bits per heavy atom. The number of nitrogens with one attached hydrogen (secondary N) is 1. The van der Waals surface area contributed by atoms with Crippen LogP contribution in [0.2, 0.25) is 0 Å². The molecular weight excluding hydrogens is 270 g/mol. The predicted molar refractivity (Wildman–Crippen MR) is 79.6 cm³/mol. The van der Waals surface area contributed by atoms with E-state index in [1.807, 2.05) is 31.2 Å². The van der Waals surface area contributed by atoms with E-state index < -0.39 is 5.97 Å². The zero-order chi connectivity index (χ0) is 15.2. The molecule has 0 unspecified atom stereocenters. The molecule has 0 aliphatic heterocycles. The Balaban J connectivity index is 2.28. The molecule has 0 bridgehead atoms. The van der Waals surface area contributed by atoms with Crippen molar-refractivity contribution in [2.45, 2.75) is 19.8 Å². The van der Waals surface area contributed by atoms with Crippen molar-refractivity contribution in [2.75, 3.05) is 6.61 Å². The topological polar surface area (TPSA) is 79.4 Å². The summed E-state index contributed by atoms with van der Waals surface area (Å²) in [6, 6.07) is 10.7. The Morgan fingerprint density at radius 1 is 1.29 bits per heavy atom. The van der Waals surface area contributed by atoms with Gasteiger partial charge in [0.2, 0.25) is 0 Å². The fourth-order valence-corrected chi connectivity index (χ4v) is 1.95. The summed E-state index contributed by atoms with van der Waals surface area (Å²) < 4.78 is 5.55. The molecule has 0 saturated heterocycles. The number of aliphatic carboxylic acids is 1. The van der Waals surface area contributed by atoms with Crippen molar-refractivity contribution >= 4 is 5.97 Å². The van der Waals surface area contributed by atoms with Gasteiger partial charge in [0.1, 0.15) is 5.75 Å². The van der Waals surface area contributed by atoms with Gasteiger partial charge in [-0.2, -0.15) is 0 Å². The minimum Gasteiger partial charge on any atom is -0.494 e. The second-order valence-corrected chi connectivity index (χ2v) is 4.67. The first-order chi connectivity index (χ1) is 10.1. The molecule has 5 heteroatoms. The summed E-state index contributed by atoms with van der Waals surface area (Å²) in [5.74, 6) is -0.284. The van der Waals surface area contributed by atoms with Crippen LogP contribution < -0.4 is 10.3 Å². The highest BCUT2D eigenvalue weighted by molar-refractivity contribution is 5.70. The average molecular weight is 287 g/mol. The molecule has 0 atom stereocenters. The minimum atomic E-state index is -1.02. The number of carbonyl (C=O) groups is 1. The summed E-state index contributed by atoms with van der Waals surface area (Å²) in [6.07, 6.45) is 0.639. The molecule has 1 heterocycles. The Bertz CT molecular complexity index is 691. The summed E-state index contributed by atoms with van der Waals surface area (Å²) in [4.78, 5) is 25.2. The molecule has 0 aliphatic rings. The highest BCUT2D eigenvalue weighted by atomic mass is 16.5. The van der Waals surface area contributed by atoms with Gasteiger partial charge in [-0.15, -0.1) is 0 Å². The molecule has 1 aromatic heterocycles. The third-order valence-electron chi connectivity index (χ3n) is 2.95. The Morgan fingerprint density at radius 3 is 2.76 bits per heavy atom. The molecule has 0 aliphatic carbocycles. The second-order valence-electron chi connectivity index (χ2n) is 4.67. The van der Waals surface area contributed by atoms with E-state index in [1.165, 1.54) is 0 Å². The van der Waals surface area contributed by atoms with Crippen molar-refractivity contribution in [3.8, 4) is 17.0 Å². The third kappa shape index (κ3) is 3.95. The fourth-order valence-electron chi connectivity index (χ4n) is 1.95. The van der Waals surface area contributed by atoms with Crippen LogP contribution in [0.15, 0.2) is 41.2 Å². The first-order valence-corrected chi connectivity index (χ1v) is 6.77. The van der Waals surface area contributed by atoms with Gasteiger partial charge in [-0.05, 0) is 24.6 Å². The molecule has 0 amide bonds. The molecule has 1 aromatic carbocycles. The number of rotatable bonds is 6. The number of H-pyrrole nitrogens is 1. The zero-order valence-corrected chi connectivity index (χ0v) is 11.8. The quantitative estimate of drug-likeness (QED) is 0.855. The van der Waals surface area contributed by atoms with E-state index in [0.29, 0.717) is 12.3 Å². The maximum Gasteiger partial charge on any atom is 0.308 e. The normalized spacial score (nSPS) is 10.3. The summed E-state index contributed by atoms with van der Waals surface area (Å²) in [6.45, 7) is 2.67. The highest BCUT2D eigenvalue weighted by Crippen LogP contribution is 2.21. The van der Waals surface area contributed by atoms with Crippen LogP contribution in [0, 0.1) is 0 Å². The van der Waals surface area contributed by atoms with Crippen LogP contribution in [0.3, 0.4) is 0 Å². The number of pyridine rings is 1. The molecule has 2 rings (SSSR count). The Kier molecular flexibility index (Phi) is 4.77. The maximum absolute atomic E-state index is 11.9. The minimum absolute atomic E-state index is 0.240. The van der Waals surface area contributed by atoms with Gasteiger partial charge in [0.05, 0.1) is 13.0 Å². The number of hydrogen-bond acceptors (Lipinski definition) is 3. The summed E-state index contributed by atoms with van der Waals surface area (Å²) in [5, 5.41) is 8.73. The molecule has 0 radical (unpaired) electrons. The van der Waals surface area contributed by atoms with Crippen LogP contribution in [-0.2, 0) is 11.2 Å². The van der Waals surface area contributed by atoms with Crippen LogP contribution in [0.1, 0.15) is 18.9 Å². The number of carboxylic acid groups (broad SMARTS) is 1. The van der Waals surface area contributed by atoms with Gasteiger partial charge in [0.15, 0.2) is 0 Å². The Hall–Kier alpha value is -2.56.